The van der Waals surface area contributed by atoms with Crippen LogP contribution in [0.4, 0.5) is 0 Å². The summed E-state index contributed by atoms with van der Waals surface area (Å²) in [7, 11) is 0. The van der Waals surface area contributed by atoms with Gasteiger partial charge in [-0.05, 0) is 40.6 Å². The average molecular weight is 370 g/mol. The van der Waals surface area contributed by atoms with E-state index in [1.807, 2.05) is 60.7 Å². The van der Waals surface area contributed by atoms with E-state index in [1.54, 1.807) is 6.07 Å². The average Bonchev–Trinajstić information content (AvgIpc) is 3.25. The van der Waals surface area contributed by atoms with Gasteiger partial charge < -0.3 is 9.15 Å². The lowest BCUT2D eigenvalue weighted by Gasteiger charge is -2.07. The molecule has 0 fully saturated rings. The van der Waals surface area contributed by atoms with Gasteiger partial charge in [0.25, 0.3) is 0 Å². The van der Waals surface area contributed by atoms with Crippen LogP contribution in [0.1, 0.15) is 5.82 Å². The van der Waals surface area contributed by atoms with Gasteiger partial charge in [-0.15, -0.1) is 10.2 Å². The number of tetrazole rings is 1. The van der Waals surface area contributed by atoms with Crippen molar-refractivity contribution in [1.82, 2.24) is 20.6 Å². The lowest BCUT2D eigenvalue weighted by Crippen LogP contribution is -2.03. The summed E-state index contributed by atoms with van der Waals surface area (Å²) in [6.45, 7) is 0.168. The molecule has 2 heterocycles. The number of aromatic amines is 1. The van der Waals surface area contributed by atoms with Gasteiger partial charge in [-0.3, -0.25) is 0 Å². The monoisotopic (exact) mass is 370 g/mol. The highest BCUT2D eigenvalue weighted by Gasteiger charge is 2.10. The molecule has 0 aliphatic heterocycles. The molecule has 0 bridgehead atoms. The lowest BCUT2D eigenvalue weighted by molar-refractivity contribution is 0.296. The van der Waals surface area contributed by atoms with E-state index in [4.69, 9.17) is 9.15 Å². The van der Waals surface area contributed by atoms with Gasteiger partial charge >= 0.3 is 5.63 Å². The van der Waals surface area contributed by atoms with Gasteiger partial charge in [-0.2, -0.15) is 5.21 Å². The smallest absolute Gasteiger partial charge is 0.344 e. The molecular formula is C21H14N4O3. The zero-order valence-electron chi connectivity index (χ0n) is 14.6. The summed E-state index contributed by atoms with van der Waals surface area (Å²) in [5.74, 6) is 0.993. The molecule has 2 aromatic heterocycles. The molecule has 0 spiro atoms. The third-order valence-corrected chi connectivity index (χ3v) is 4.53. The maximum atomic E-state index is 12.6. The summed E-state index contributed by atoms with van der Waals surface area (Å²) in [5, 5.41) is 16.5. The van der Waals surface area contributed by atoms with Crippen LogP contribution in [0, 0.1) is 0 Å². The third-order valence-electron chi connectivity index (χ3n) is 4.53. The van der Waals surface area contributed by atoms with Crippen molar-refractivity contribution in [3.63, 3.8) is 0 Å². The number of ether oxygens (including phenoxy) is 1. The number of nitrogens with one attached hydrogen (secondary N) is 1. The summed E-state index contributed by atoms with van der Waals surface area (Å²) in [5.41, 5.74) is 1.42. The van der Waals surface area contributed by atoms with Crippen LogP contribution >= 0.6 is 0 Å². The maximum absolute atomic E-state index is 12.6. The highest BCUT2D eigenvalue weighted by molar-refractivity contribution is 5.89. The summed E-state index contributed by atoms with van der Waals surface area (Å²) >= 11 is 0. The Labute approximate surface area is 158 Å². The second-order valence-corrected chi connectivity index (χ2v) is 6.33. The van der Waals surface area contributed by atoms with Gasteiger partial charge in [0.05, 0.1) is 5.56 Å². The van der Waals surface area contributed by atoms with Crippen LogP contribution in [0.2, 0.25) is 0 Å². The maximum Gasteiger partial charge on any atom is 0.344 e. The first kappa shape index (κ1) is 16.2. The number of aromatic nitrogens is 4. The molecule has 5 rings (SSSR count). The molecule has 0 saturated heterocycles. The van der Waals surface area contributed by atoms with Gasteiger partial charge in [-0.1, -0.05) is 41.6 Å². The van der Waals surface area contributed by atoms with Crippen molar-refractivity contribution >= 4 is 21.7 Å². The van der Waals surface area contributed by atoms with Crippen LogP contribution in [0.25, 0.3) is 32.9 Å². The van der Waals surface area contributed by atoms with E-state index in [0.717, 1.165) is 21.7 Å². The van der Waals surface area contributed by atoms with E-state index in [0.29, 0.717) is 22.7 Å². The molecule has 5 aromatic rings. The SMILES string of the molecule is O=c1oc2cc(OCc3nn[nH]n3)ccc2cc1-c1ccc2ccccc2c1. The Balaban J connectivity index is 1.51. The number of nitrogens with zero attached hydrogens (tertiary/aromatic N) is 3. The van der Waals surface area contributed by atoms with Crippen molar-refractivity contribution < 1.29 is 9.15 Å². The molecule has 7 nitrogen and oxygen atoms in total. The molecule has 0 unspecified atom stereocenters. The minimum atomic E-state index is -0.391. The highest BCUT2D eigenvalue weighted by atomic mass is 16.5. The first-order valence-electron chi connectivity index (χ1n) is 8.68. The van der Waals surface area contributed by atoms with Crippen molar-refractivity contribution in [3.05, 3.63) is 83.0 Å². The van der Waals surface area contributed by atoms with Crippen molar-refractivity contribution in [3.8, 4) is 16.9 Å². The number of rotatable bonds is 4. The van der Waals surface area contributed by atoms with Gasteiger partial charge in [0.2, 0.25) is 5.82 Å². The lowest BCUT2D eigenvalue weighted by atomic mass is 10.0. The minimum absolute atomic E-state index is 0.168. The van der Waals surface area contributed by atoms with E-state index in [-0.39, 0.29) is 6.61 Å². The van der Waals surface area contributed by atoms with E-state index in [9.17, 15) is 4.79 Å². The van der Waals surface area contributed by atoms with Crippen LogP contribution in [0.5, 0.6) is 5.75 Å². The normalized spacial score (nSPS) is 11.1. The summed E-state index contributed by atoms with van der Waals surface area (Å²) in [4.78, 5) is 12.6. The molecule has 0 aliphatic rings. The number of hydrogen-bond acceptors (Lipinski definition) is 6. The minimum Gasteiger partial charge on any atom is -0.485 e. The topological polar surface area (TPSA) is 93.9 Å². The van der Waals surface area contributed by atoms with E-state index >= 15 is 0 Å². The van der Waals surface area contributed by atoms with Crippen molar-refractivity contribution in [2.24, 2.45) is 0 Å². The fourth-order valence-corrected chi connectivity index (χ4v) is 3.13. The molecule has 3 aromatic carbocycles. The van der Waals surface area contributed by atoms with Gasteiger partial charge in [-0.25, -0.2) is 4.79 Å². The number of hydrogen-bond donors (Lipinski definition) is 1. The summed E-state index contributed by atoms with van der Waals surface area (Å²) < 4.78 is 11.2. The van der Waals surface area contributed by atoms with Crippen molar-refractivity contribution in [2.45, 2.75) is 6.61 Å². The Morgan fingerprint density at radius 3 is 2.64 bits per heavy atom. The fraction of sp³-hybridized carbons (Fsp3) is 0.0476. The standard InChI is InChI=1S/C21H14N4O3/c26-21-18(15-6-5-13-3-1-2-4-14(13)9-15)10-16-7-8-17(11-19(16)28-21)27-12-20-22-24-25-23-20/h1-11H,12H2,(H,22,23,24,25). The Morgan fingerprint density at radius 1 is 0.929 bits per heavy atom. The molecule has 0 saturated carbocycles. The van der Waals surface area contributed by atoms with Gasteiger partial charge in [0.15, 0.2) is 6.61 Å². The third kappa shape index (κ3) is 2.99. The predicted octanol–water partition coefficient (Wildman–Crippen LogP) is 3.71. The Kier molecular flexibility index (Phi) is 3.83. The van der Waals surface area contributed by atoms with E-state index < -0.39 is 5.63 Å². The summed E-state index contributed by atoms with van der Waals surface area (Å²) in [6.07, 6.45) is 0. The molecule has 1 N–H and O–H groups in total. The number of fused-ring (bicyclic) bond motifs is 2. The Morgan fingerprint density at radius 2 is 1.79 bits per heavy atom. The molecule has 136 valence electrons. The predicted molar refractivity (Wildman–Crippen MR) is 104 cm³/mol. The quantitative estimate of drug-likeness (QED) is 0.485. The van der Waals surface area contributed by atoms with E-state index in [2.05, 4.69) is 20.6 Å². The van der Waals surface area contributed by atoms with Crippen LogP contribution in [0.3, 0.4) is 0 Å². The zero-order valence-corrected chi connectivity index (χ0v) is 14.6. The molecule has 0 amide bonds. The summed E-state index contributed by atoms with van der Waals surface area (Å²) in [6, 6.07) is 21.2. The fourth-order valence-electron chi connectivity index (χ4n) is 3.13. The molecule has 7 heteroatoms. The van der Waals surface area contributed by atoms with Crippen molar-refractivity contribution in [2.75, 3.05) is 0 Å². The number of H-pyrrole nitrogens is 1. The Hall–Kier alpha value is -4.00. The van der Waals surface area contributed by atoms with Crippen LogP contribution < -0.4 is 10.4 Å². The highest BCUT2D eigenvalue weighted by Crippen LogP contribution is 2.27. The first-order chi connectivity index (χ1) is 13.8. The van der Waals surface area contributed by atoms with Gasteiger partial charge in [0, 0.05) is 11.5 Å². The number of benzene rings is 3. The van der Waals surface area contributed by atoms with Crippen LogP contribution in [-0.2, 0) is 6.61 Å². The largest absolute Gasteiger partial charge is 0.485 e. The molecule has 28 heavy (non-hydrogen) atoms. The van der Waals surface area contributed by atoms with Crippen LogP contribution in [-0.4, -0.2) is 20.6 Å². The van der Waals surface area contributed by atoms with E-state index in [1.165, 1.54) is 0 Å². The molecule has 0 aliphatic carbocycles. The molecule has 0 radical (unpaired) electrons. The molecule has 0 atom stereocenters. The second kappa shape index (κ2) is 6.62. The molecular weight excluding hydrogens is 356 g/mol. The zero-order chi connectivity index (χ0) is 18.9. The second-order valence-electron chi connectivity index (χ2n) is 6.33. The first-order valence-corrected chi connectivity index (χ1v) is 8.68. The van der Waals surface area contributed by atoms with Crippen LogP contribution in [0.15, 0.2) is 75.9 Å². The van der Waals surface area contributed by atoms with Crippen molar-refractivity contribution in [1.29, 1.82) is 0 Å². The Bertz CT molecular complexity index is 1340. The van der Waals surface area contributed by atoms with Gasteiger partial charge in [0.1, 0.15) is 11.3 Å².